The topological polar surface area (TPSA) is 136 Å². The summed E-state index contributed by atoms with van der Waals surface area (Å²) in [5.41, 5.74) is 6.77. The molecular weight excluding hydrogens is 715 g/mol. The maximum atomic E-state index is 14.8. The van der Waals surface area contributed by atoms with Crippen molar-refractivity contribution in [2.45, 2.75) is 134 Å². The number of amides is 2. The van der Waals surface area contributed by atoms with Gasteiger partial charge in [0.1, 0.15) is 5.75 Å². The first-order valence-corrected chi connectivity index (χ1v) is 21.5. The van der Waals surface area contributed by atoms with Crippen LogP contribution in [0.1, 0.15) is 142 Å². The fourth-order valence-electron chi connectivity index (χ4n) is 9.79. The van der Waals surface area contributed by atoms with Crippen molar-refractivity contribution in [3.8, 4) is 17.0 Å². The molecule has 4 aromatic rings. The third kappa shape index (κ3) is 6.58. The Hall–Kier alpha value is -4.42. The quantitative estimate of drug-likeness (QED) is 0.188. The summed E-state index contributed by atoms with van der Waals surface area (Å²) in [6, 6.07) is 11.6. The van der Waals surface area contributed by atoms with Gasteiger partial charge in [-0.25, -0.2) is 13.1 Å². The van der Waals surface area contributed by atoms with Crippen molar-refractivity contribution < 1.29 is 27.9 Å². The van der Waals surface area contributed by atoms with Gasteiger partial charge in [-0.1, -0.05) is 25.3 Å². The minimum Gasteiger partial charge on any atom is -0.497 e. The van der Waals surface area contributed by atoms with Crippen LogP contribution >= 0.6 is 0 Å². The summed E-state index contributed by atoms with van der Waals surface area (Å²) in [6.45, 7) is 9.48. The number of rotatable bonds is 8. The number of hydrogen-bond acceptors (Lipinski definition) is 7. The van der Waals surface area contributed by atoms with E-state index in [1.807, 2.05) is 40.8 Å². The molecule has 11 nitrogen and oxygen atoms in total. The van der Waals surface area contributed by atoms with Crippen molar-refractivity contribution in [2.24, 2.45) is 0 Å². The number of allylic oxidation sites excluding steroid dienone is 1. The number of methoxy groups -OCH3 is 1. The highest BCUT2D eigenvalue weighted by Crippen LogP contribution is 2.49. The summed E-state index contributed by atoms with van der Waals surface area (Å²) < 4.78 is 37.8. The number of nitrogens with zero attached hydrogens (tertiary/aromatic N) is 4. The van der Waals surface area contributed by atoms with E-state index in [4.69, 9.17) is 9.84 Å². The van der Waals surface area contributed by atoms with E-state index in [0.29, 0.717) is 36.6 Å². The lowest BCUT2D eigenvalue weighted by atomic mass is 9.81. The standard InChI is InChI=1S/C43H53N5O6S/c1-25(2)48-39(36(23-44-48)42(50)47-31-13-14-32(47)22-43(5,51)21-31)30-18-29-19-33(54-6)15-17-34(29)40-38(27-10-8-7-9-11-27)35-16-12-28(20-37(35)46(40)24-30)41(49)45-55(52,53)26(3)4/h12,15-20,23,25-27,31-32,51H,7-11,13-14,21-22,24H2,1-6H3,(H,45,49)/t31-,32+,43+. The van der Waals surface area contributed by atoms with E-state index in [1.165, 1.54) is 12.0 Å². The molecule has 2 saturated heterocycles. The molecular formula is C43H53N5O6S. The van der Waals surface area contributed by atoms with Crippen LogP contribution in [0.3, 0.4) is 0 Å². The average molecular weight is 768 g/mol. The number of hydrogen-bond donors (Lipinski definition) is 2. The molecule has 2 N–H and O–H groups in total. The summed E-state index contributed by atoms with van der Waals surface area (Å²) in [7, 11) is -2.19. The highest BCUT2D eigenvalue weighted by molar-refractivity contribution is 7.90. The molecule has 292 valence electrons. The Labute approximate surface area is 323 Å². The first kappa shape index (κ1) is 37.5. The molecule has 1 saturated carbocycles. The molecule has 2 aromatic heterocycles. The molecule has 1 aliphatic carbocycles. The van der Waals surface area contributed by atoms with Crippen molar-refractivity contribution in [3.05, 3.63) is 70.5 Å². The summed E-state index contributed by atoms with van der Waals surface area (Å²) in [5.74, 6) is 0.289. The first-order valence-electron chi connectivity index (χ1n) is 19.9. The van der Waals surface area contributed by atoms with Gasteiger partial charge in [0, 0.05) is 40.2 Å². The molecule has 55 heavy (non-hydrogen) atoms. The number of benzene rings is 2. The number of carbonyl (C=O) groups is 2. The monoisotopic (exact) mass is 767 g/mol. The second kappa shape index (κ2) is 14.0. The van der Waals surface area contributed by atoms with Crippen LogP contribution in [0, 0.1) is 0 Å². The molecule has 0 unspecified atom stereocenters. The lowest BCUT2D eigenvalue weighted by molar-refractivity contribution is -0.0300. The van der Waals surface area contributed by atoms with Gasteiger partial charge in [0.2, 0.25) is 10.0 Å². The van der Waals surface area contributed by atoms with Crippen molar-refractivity contribution in [3.63, 3.8) is 0 Å². The summed E-state index contributed by atoms with van der Waals surface area (Å²) >= 11 is 0. The molecule has 8 rings (SSSR count). The van der Waals surface area contributed by atoms with Crippen LogP contribution in [-0.4, -0.2) is 74.6 Å². The fourth-order valence-corrected chi connectivity index (χ4v) is 10.4. The Morgan fingerprint density at radius 3 is 2.33 bits per heavy atom. The van der Waals surface area contributed by atoms with E-state index in [1.54, 1.807) is 33.2 Å². The number of nitrogens with one attached hydrogen (secondary N) is 1. The van der Waals surface area contributed by atoms with Crippen LogP contribution in [0.25, 0.3) is 33.8 Å². The molecule has 5 heterocycles. The Morgan fingerprint density at radius 2 is 1.67 bits per heavy atom. The minimum absolute atomic E-state index is 0.0354. The normalized spacial score (nSPS) is 22.8. The molecule has 3 aliphatic heterocycles. The van der Waals surface area contributed by atoms with E-state index in [2.05, 4.69) is 35.3 Å². The van der Waals surface area contributed by atoms with Gasteiger partial charge in [0.25, 0.3) is 11.8 Å². The second-order valence-corrected chi connectivity index (χ2v) is 19.2. The Bertz CT molecular complexity index is 2310. The van der Waals surface area contributed by atoms with Crippen LogP contribution in [0.15, 0.2) is 42.6 Å². The minimum atomic E-state index is -3.85. The SMILES string of the molecule is COc1ccc2c(c1)C=C(c1c(C(=O)N3[C@@H]4CC[C@H]3C[C@@](C)(O)C4)cnn1C(C)C)Cn1c-2c(C2CCCCC2)c2ccc(C(=O)NS(=O)(=O)C(C)C)cc21. The van der Waals surface area contributed by atoms with E-state index in [0.717, 1.165) is 77.5 Å². The third-order valence-electron chi connectivity index (χ3n) is 12.4. The maximum absolute atomic E-state index is 14.8. The van der Waals surface area contributed by atoms with E-state index >= 15 is 0 Å². The molecule has 2 amide bonds. The van der Waals surface area contributed by atoms with Gasteiger partial charge in [0.05, 0.1) is 47.7 Å². The molecule has 2 aromatic carbocycles. The van der Waals surface area contributed by atoms with Crippen molar-refractivity contribution in [2.75, 3.05) is 7.11 Å². The molecule has 12 heteroatoms. The number of aliphatic hydroxyl groups is 1. The lowest BCUT2D eigenvalue weighted by Gasteiger charge is -2.42. The van der Waals surface area contributed by atoms with E-state index in [-0.39, 0.29) is 29.6 Å². The molecule has 0 spiro atoms. The highest BCUT2D eigenvalue weighted by Gasteiger charge is 2.48. The van der Waals surface area contributed by atoms with Crippen molar-refractivity contribution in [1.82, 2.24) is 24.0 Å². The smallest absolute Gasteiger partial charge is 0.264 e. The van der Waals surface area contributed by atoms with Gasteiger partial charge in [-0.15, -0.1) is 0 Å². The third-order valence-corrected chi connectivity index (χ3v) is 14.1. The number of carbonyl (C=O) groups excluding carboxylic acids is 2. The zero-order chi connectivity index (χ0) is 39.0. The van der Waals surface area contributed by atoms with Crippen LogP contribution in [-0.2, 0) is 16.6 Å². The van der Waals surface area contributed by atoms with Crippen molar-refractivity contribution in [1.29, 1.82) is 0 Å². The second-order valence-electron chi connectivity index (χ2n) is 17.0. The van der Waals surface area contributed by atoms with Crippen LogP contribution in [0.5, 0.6) is 5.75 Å². The lowest BCUT2D eigenvalue weighted by Crippen LogP contribution is -2.52. The van der Waals surface area contributed by atoms with Crippen LogP contribution < -0.4 is 9.46 Å². The zero-order valence-electron chi connectivity index (χ0n) is 32.8. The first-order chi connectivity index (χ1) is 26.2. The fraction of sp³-hybridized carbons (Fsp3) is 0.512. The highest BCUT2D eigenvalue weighted by atomic mass is 32.2. The largest absolute Gasteiger partial charge is 0.497 e. The summed E-state index contributed by atoms with van der Waals surface area (Å²) in [6.07, 6.45) is 12.3. The van der Waals surface area contributed by atoms with Gasteiger partial charge in [-0.3, -0.25) is 14.3 Å². The Kier molecular flexibility index (Phi) is 9.51. The summed E-state index contributed by atoms with van der Waals surface area (Å²) in [5, 5.41) is 16.1. The number of piperidine rings is 1. The van der Waals surface area contributed by atoms with Crippen LogP contribution in [0.4, 0.5) is 0 Å². The van der Waals surface area contributed by atoms with Gasteiger partial charge < -0.3 is 19.3 Å². The molecule has 4 aliphatic rings. The van der Waals surface area contributed by atoms with Crippen LogP contribution in [0.2, 0.25) is 0 Å². The molecule has 2 bridgehead atoms. The number of sulfonamides is 1. The van der Waals surface area contributed by atoms with Gasteiger partial charge >= 0.3 is 0 Å². The van der Waals surface area contributed by atoms with Gasteiger partial charge in [0.15, 0.2) is 0 Å². The predicted octanol–water partition coefficient (Wildman–Crippen LogP) is 7.68. The summed E-state index contributed by atoms with van der Waals surface area (Å²) in [4.78, 5) is 30.4. The number of aromatic nitrogens is 3. The number of ether oxygens (including phenoxy) is 1. The average Bonchev–Trinajstić information content (AvgIpc) is 3.78. The molecule has 3 atom stereocenters. The van der Waals surface area contributed by atoms with Gasteiger partial charge in [-0.05, 0) is 132 Å². The van der Waals surface area contributed by atoms with E-state index in [9.17, 15) is 23.1 Å². The zero-order valence-corrected chi connectivity index (χ0v) is 33.6. The van der Waals surface area contributed by atoms with E-state index < -0.39 is 26.8 Å². The Balaban J connectivity index is 1.34. The predicted molar refractivity (Wildman–Crippen MR) is 215 cm³/mol. The molecule has 3 fully saturated rings. The Morgan fingerprint density at radius 1 is 0.964 bits per heavy atom. The van der Waals surface area contributed by atoms with Gasteiger partial charge in [-0.2, -0.15) is 5.10 Å². The number of fused-ring (bicyclic) bond motifs is 7. The van der Waals surface area contributed by atoms with Crippen molar-refractivity contribution >= 4 is 44.4 Å². The molecule has 0 radical (unpaired) electrons. The maximum Gasteiger partial charge on any atom is 0.264 e.